The highest BCUT2D eigenvalue weighted by atomic mass is 16.2. The summed E-state index contributed by atoms with van der Waals surface area (Å²) in [6.07, 6.45) is 2.61. The maximum absolute atomic E-state index is 11.6. The molecule has 2 fully saturated rings. The third-order valence-corrected chi connectivity index (χ3v) is 3.25. The topological polar surface area (TPSA) is 65.0 Å². The molecule has 0 aromatic rings. The normalized spacial score (nSPS) is 39.5. The average molecular weight is 183 g/mol. The number of rotatable bonds is 0. The fourth-order valence-electron chi connectivity index (χ4n) is 2.43. The molecule has 0 aromatic carbocycles. The van der Waals surface area contributed by atoms with Crippen LogP contribution < -0.4 is 5.73 Å². The van der Waals surface area contributed by atoms with E-state index in [0.717, 1.165) is 19.3 Å². The molecular weight excluding hydrogens is 168 g/mol. The Morgan fingerprint density at radius 1 is 1.23 bits per heavy atom. The smallest absolute Gasteiger partial charge is 0.233 e. The third-order valence-electron chi connectivity index (χ3n) is 3.25. The lowest BCUT2D eigenvalue weighted by Gasteiger charge is -2.23. The molecule has 4 heteroatoms. The quantitative estimate of drug-likeness (QED) is 0.490. The second-order valence-corrected chi connectivity index (χ2v) is 4.13. The first kappa shape index (κ1) is 8.69. The maximum Gasteiger partial charge on any atom is 0.233 e. The molecule has 3 N–H and O–H groups in total. The van der Waals surface area contributed by atoms with Gasteiger partial charge in [0.25, 0.3) is 0 Å². The summed E-state index contributed by atoms with van der Waals surface area (Å²) in [4.78, 5) is 24.4. The zero-order valence-corrected chi connectivity index (χ0v) is 7.82. The van der Waals surface area contributed by atoms with Crippen LogP contribution in [0.5, 0.6) is 0 Å². The van der Waals surface area contributed by atoms with E-state index in [2.05, 4.69) is 5.73 Å². The number of quaternary nitrogens is 1. The van der Waals surface area contributed by atoms with Crippen LogP contribution >= 0.6 is 0 Å². The number of hydrogen-bond donors (Lipinski definition) is 1. The average Bonchev–Trinajstić information content (AvgIpc) is 2.32. The van der Waals surface area contributed by atoms with Gasteiger partial charge in [0, 0.05) is 19.9 Å². The maximum atomic E-state index is 11.6. The molecule has 2 rings (SSSR count). The highest BCUT2D eigenvalue weighted by molar-refractivity contribution is 6.04. The Hall–Kier alpha value is -0.900. The molecule has 4 nitrogen and oxygen atoms in total. The largest absolute Gasteiger partial charge is 0.355 e. The monoisotopic (exact) mass is 183 g/mol. The fraction of sp³-hybridized carbons (Fsp3) is 0.778. The first-order chi connectivity index (χ1) is 6.11. The van der Waals surface area contributed by atoms with Crippen molar-refractivity contribution in [1.29, 1.82) is 0 Å². The van der Waals surface area contributed by atoms with Crippen molar-refractivity contribution in [1.82, 2.24) is 4.90 Å². The Morgan fingerprint density at radius 2 is 1.85 bits per heavy atom. The predicted molar refractivity (Wildman–Crippen MR) is 45.3 cm³/mol. The number of carbonyl (C=O) groups excluding carboxylic acids is 2. The summed E-state index contributed by atoms with van der Waals surface area (Å²) in [5.74, 6) is -0.0745. The zero-order valence-electron chi connectivity index (χ0n) is 7.82. The molecule has 13 heavy (non-hydrogen) atoms. The summed E-state index contributed by atoms with van der Waals surface area (Å²) < 4.78 is 0. The molecule has 0 bridgehead atoms. The number of likely N-dealkylation sites (tertiary alicyclic amines) is 1. The van der Waals surface area contributed by atoms with Gasteiger partial charge in [-0.15, -0.1) is 0 Å². The number of fused-ring (bicyclic) bond motifs is 1. The lowest BCUT2D eigenvalue weighted by atomic mass is 9.79. The predicted octanol–water partition coefficient (Wildman–Crippen LogP) is -0.988. The van der Waals surface area contributed by atoms with Gasteiger partial charge in [-0.25, -0.2) is 0 Å². The van der Waals surface area contributed by atoms with Gasteiger partial charge < -0.3 is 5.73 Å². The SMILES string of the molecule is CN1C(=O)[C@H]2C[C@@H]([NH3+])CC[C@H]2C1=O. The number of hydrogen-bond acceptors (Lipinski definition) is 2. The molecule has 1 saturated heterocycles. The van der Waals surface area contributed by atoms with Crippen molar-refractivity contribution < 1.29 is 15.3 Å². The minimum absolute atomic E-state index is 0.00310. The van der Waals surface area contributed by atoms with Gasteiger partial charge in [-0.05, 0) is 6.42 Å². The Morgan fingerprint density at radius 3 is 2.54 bits per heavy atom. The van der Waals surface area contributed by atoms with Crippen LogP contribution in [-0.4, -0.2) is 29.8 Å². The van der Waals surface area contributed by atoms with Crippen LogP contribution in [0.15, 0.2) is 0 Å². The lowest BCUT2D eigenvalue weighted by molar-refractivity contribution is -0.427. The van der Waals surface area contributed by atoms with Gasteiger partial charge in [0.05, 0.1) is 17.9 Å². The standard InChI is InChI=1S/C9H14N2O2/c1-11-8(12)6-3-2-5(10)4-7(6)9(11)13/h5-7H,2-4,10H2,1H3/p+1/t5-,6+,7-/m0/s1. The Bertz CT molecular complexity index is 264. The Labute approximate surface area is 77.1 Å². The van der Waals surface area contributed by atoms with Crippen LogP contribution in [-0.2, 0) is 9.59 Å². The molecule has 0 aromatic heterocycles. The van der Waals surface area contributed by atoms with Crippen LogP contribution in [0, 0.1) is 11.8 Å². The van der Waals surface area contributed by atoms with E-state index in [1.807, 2.05) is 0 Å². The van der Waals surface area contributed by atoms with E-state index in [0.29, 0.717) is 6.04 Å². The molecule has 1 aliphatic carbocycles. The second kappa shape index (κ2) is 2.80. The van der Waals surface area contributed by atoms with Crippen molar-refractivity contribution in [2.24, 2.45) is 11.8 Å². The molecule has 72 valence electrons. The van der Waals surface area contributed by atoms with Crippen molar-refractivity contribution in [3.05, 3.63) is 0 Å². The molecule has 0 unspecified atom stereocenters. The van der Waals surface area contributed by atoms with E-state index in [1.54, 1.807) is 7.05 Å². The minimum Gasteiger partial charge on any atom is -0.355 e. The molecule has 0 spiro atoms. The van der Waals surface area contributed by atoms with Crippen LogP contribution in [0.2, 0.25) is 0 Å². The van der Waals surface area contributed by atoms with Gasteiger partial charge in [-0.1, -0.05) is 0 Å². The molecule has 1 aliphatic heterocycles. The first-order valence-corrected chi connectivity index (χ1v) is 4.75. The minimum atomic E-state index is -0.0613. The molecular formula is C9H15N2O2+. The fourth-order valence-corrected chi connectivity index (χ4v) is 2.43. The van der Waals surface area contributed by atoms with Gasteiger partial charge in [0.15, 0.2) is 0 Å². The zero-order chi connectivity index (χ0) is 9.59. The molecule has 0 radical (unpaired) electrons. The van der Waals surface area contributed by atoms with E-state index in [4.69, 9.17) is 0 Å². The van der Waals surface area contributed by atoms with Crippen molar-refractivity contribution in [3.8, 4) is 0 Å². The summed E-state index contributed by atoms with van der Waals surface area (Å²) in [6, 6.07) is 0.351. The Balaban J connectivity index is 2.22. The van der Waals surface area contributed by atoms with Gasteiger partial charge in [-0.3, -0.25) is 14.5 Å². The summed E-state index contributed by atoms with van der Waals surface area (Å²) in [7, 11) is 1.58. The van der Waals surface area contributed by atoms with E-state index in [9.17, 15) is 9.59 Å². The molecule has 3 atom stereocenters. The summed E-state index contributed by atoms with van der Waals surface area (Å²) >= 11 is 0. The number of imide groups is 1. The molecule has 2 amide bonds. The number of carbonyl (C=O) groups is 2. The number of amides is 2. The third kappa shape index (κ3) is 1.16. The summed E-state index contributed by atoms with van der Waals surface area (Å²) in [6.45, 7) is 0. The van der Waals surface area contributed by atoms with Crippen molar-refractivity contribution >= 4 is 11.8 Å². The summed E-state index contributed by atoms with van der Waals surface area (Å²) in [5.41, 5.74) is 3.96. The molecule has 2 aliphatic rings. The first-order valence-electron chi connectivity index (χ1n) is 4.75. The van der Waals surface area contributed by atoms with E-state index in [1.165, 1.54) is 4.90 Å². The highest BCUT2D eigenvalue weighted by Crippen LogP contribution is 2.36. The van der Waals surface area contributed by atoms with Crippen molar-refractivity contribution in [2.45, 2.75) is 25.3 Å². The summed E-state index contributed by atoms with van der Waals surface area (Å²) in [5, 5.41) is 0. The molecule has 1 saturated carbocycles. The van der Waals surface area contributed by atoms with Gasteiger partial charge >= 0.3 is 0 Å². The van der Waals surface area contributed by atoms with E-state index >= 15 is 0 Å². The van der Waals surface area contributed by atoms with E-state index < -0.39 is 0 Å². The van der Waals surface area contributed by atoms with E-state index in [-0.39, 0.29) is 23.7 Å². The van der Waals surface area contributed by atoms with Crippen LogP contribution in [0.1, 0.15) is 19.3 Å². The van der Waals surface area contributed by atoms with Crippen molar-refractivity contribution in [3.63, 3.8) is 0 Å². The van der Waals surface area contributed by atoms with Gasteiger partial charge in [-0.2, -0.15) is 0 Å². The Kier molecular flexibility index (Phi) is 1.87. The van der Waals surface area contributed by atoms with Crippen molar-refractivity contribution in [2.75, 3.05) is 7.05 Å². The molecule has 1 heterocycles. The second-order valence-electron chi connectivity index (χ2n) is 4.13. The van der Waals surface area contributed by atoms with Gasteiger partial charge in [0.2, 0.25) is 11.8 Å². The lowest BCUT2D eigenvalue weighted by Crippen LogP contribution is -2.63. The number of nitrogens with zero attached hydrogens (tertiary/aromatic N) is 1. The van der Waals surface area contributed by atoms with Crippen LogP contribution in [0.3, 0.4) is 0 Å². The van der Waals surface area contributed by atoms with Crippen LogP contribution in [0.4, 0.5) is 0 Å². The highest BCUT2D eigenvalue weighted by Gasteiger charge is 2.48. The van der Waals surface area contributed by atoms with Crippen LogP contribution in [0.25, 0.3) is 0 Å². The van der Waals surface area contributed by atoms with Gasteiger partial charge in [0.1, 0.15) is 0 Å².